The first-order valence-electron chi connectivity index (χ1n) is 7.38. The Morgan fingerprint density at radius 1 is 1.12 bits per heavy atom. The normalized spacial score (nSPS) is 14.8. The Morgan fingerprint density at radius 2 is 1.73 bits per heavy atom. The number of amides is 3. The monoisotopic (exact) mass is 368 g/mol. The molecule has 3 rings (SSSR count). The van der Waals surface area contributed by atoms with Crippen molar-refractivity contribution < 1.29 is 32.0 Å². The Morgan fingerprint density at radius 3 is 2.31 bits per heavy atom. The lowest BCUT2D eigenvalue weighted by atomic mass is 10.1. The topological polar surface area (TPSA) is 105 Å². The molecule has 2 heterocycles. The van der Waals surface area contributed by atoms with Crippen molar-refractivity contribution in [2.45, 2.75) is 19.0 Å². The van der Waals surface area contributed by atoms with Gasteiger partial charge in [0.25, 0.3) is 0 Å². The molecule has 26 heavy (non-hydrogen) atoms. The zero-order valence-electron chi connectivity index (χ0n) is 13.0. The van der Waals surface area contributed by atoms with Gasteiger partial charge in [-0.25, -0.2) is 0 Å². The summed E-state index contributed by atoms with van der Waals surface area (Å²) >= 11 is 0. The van der Waals surface area contributed by atoms with Crippen LogP contribution in [-0.2, 0) is 20.6 Å². The molecular formula is C15H11F3N4O4. The lowest BCUT2D eigenvalue weighted by molar-refractivity contribution is -0.141. The van der Waals surface area contributed by atoms with Crippen molar-refractivity contribution in [3.63, 3.8) is 0 Å². The first-order valence-corrected chi connectivity index (χ1v) is 7.38. The lowest BCUT2D eigenvalue weighted by Crippen LogP contribution is -2.36. The second kappa shape index (κ2) is 6.58. The van der Waals surface area contributed by atoms with E-state index in [0.717, 1.165) is 29.2 Å². The van der Waals surface area contributed by atoms with Crippen molar-refractivity contribution in [2.75, 3.05) is 11.9 Å². The van der Waals surface area contributed by atoms with E-state index in [4.69, 9.17) is 4.42 Å². The van der Waals surface area contributed by atoms with Crippen LogP contribution in [0.2, 0.25) is 0 Å². The van der Waals surface area contributed by atoms with Crippen molar-refractivity contribution in [3.05, 3.63) is 29.8 Å². The molecule has 1 aliphatic rings. The van der Waals surface area contributed by atoms with E-state index in [-0.39, 0.29) is 30.3 Å². The number of aromatic nitrogens is 2. The number of carbonyl (C=O) groups is 3. The number of anilines is 1. The summed E-state index contributed by atoms with van der Waals surface area (Å²) in [5, 5.41) is 9.42. The van der Waals surface area contributed by atoms with E-state index in [1.807, 2.05) is 0 Å². The van der Waals surface area contributed by atoms with Crippen molar-refractivity contribution in [1.29, 1.82) is 0 Å². The standard InChI is InChI=1S/C15H11F3N4O4/c16-15(17,18)9-3-1-8(2-4-9)13-20-21-14(26-13)19-10(23)7-22-11(24)5-6-12(22)25/h1-4H,5-7H2,(H,19,21,23). The number of carbonyl (C=O) groups excluding carboxylic acids is 3. The molecule has 136 valence electrons. The molecule has 0 saturated carbocycles. The first kappa shape index (κ1) is 17.6. The van der Waals surface area contributed by atoms with E-state index in [0.29, 0.717) is 0 Å². The van der Waals surface area contributed by atoms with Crippen LogP contribution in [-0.4, -0.2) is 39.4 Å². The molecule has 0 atom stereocenters. The van der Waals surface area contributed by atoms with Crippen molar-refractivity contribution in [3.8, 4) is 11.5 Å². The van der Waals surface area contributed by atoms with Gasteiger partial charge in [-0.05, 0) is 24.3 Å². The molecular weight excluding hydrogens is 357 g/mol. The number of hydrogen-bond donors (Lipinski definition) is 1. The Hall–Kier alpha value is -3.24. The SMILES string of the molecule is O=C(CN1C(=O)CCC1=O)Nc1nnc(-c2ccc(C(F)(F)F)cc2)o1. The molecule has 1 fully saturated rings. The summed E-state index contributed by atoms with van der Waals surface area (Å²) in [5.41, 5.74) is -0.592. The van der Waals surface area contributed by atoms with Crippen molar-refractivity contribution in [2.24, 2.45) is 0 Å². The number of halogens is 3. The summed E-state index contributed by atoms with van der Waals surface area (Å²) in [6.07, 6.45) is -4.34. The van der Waals surface area contributed by atoms with Crippen LogP contribution in [0.4, 0.5) is 19.2 Å². The number of rotatable bonds is 4. The molecule has 8 nitrogen and oxygen atoms in total. The minimum Gasteiger partial charge on any atom is -0.403 e. The Balaban J connectivity index is 1.65. The Bertz CT molecular complexity index is 845. The fourth-order valence-corrected chi connectivity index (χ4v) is 2.29. The van der Waals surface area contributed by atoms with Crippen LogP contribution < -0.4 is 5.32 Å². The highest BCUT2D eigenvalue weighted by Gasteiger charge is 2.31. The van der Waals surface area contributed by atoms with E-state index >= 15 is 0 Å². The minimum atomic E-state index is -4.46. The smallest absolute Gasteiger partial charge is 0.403 e. The third-order valence-electron chi connectivity index (χ3n) is 3.59. The van der Waals surface area contributed by atoms with Gasteiger partial charge in [0.05, 0.1) is 5.56 Å². The van der Waals surface area contributed by atoms with Crippen LogP contribution in [0.5, 0.6) is 0 Å². The van der Waals surface area contributed by atoms with Gasteiger partial charge in [-0.2, -0.15) is 13.2 Å². The highest BCUT2D eigenvalue weighted by Crippen LogP contribution is 2.30. The Labute approximate surface area is 144 Å². The van der Waals surface area contributed by atoms with Crippen molar-refractivity contribution >= 4 is 23.7 Å². The summed E-state index contributed by atoms with van der Waals surface area (Å²) in [4.78, 5) is 35.6. The zero-order chi connectivity index (χ0) is 18.9. The third kappa shape index (κ3) is 3.71. The van der Waals surface area contributed by atoms with Crippen LogP contribution in [0, 0.1) is 0 Å². The number of alkyl halides is 3. The molecule has 11 heteroatoms. The average molecular weight is 368 g/mol. The molecule has 1 aromatic heterocycles. The van der Waals surface area contributed by atoms with Gasteiger partial charge in [-0.15, -0.1) is 5.10 Å². The summed E-state index contributed by atoms with van der Waals surface area (Å²) < 4.78 is 42.8. The zero-order valence-corrected chi connectivity index (χ0v) is 13.0. The number of imide groups is 1. The average Bonchev–Trinajstić information content (AvgIpc) is 3.16. The molecule has 0 unspecified atom stereocenters. The summed E-state index contributed by atoms with van der Waals surface area (Å²) in [6, 6.07) is 3.74. The predicted octanol–water partition coefficient (Wildman–Crippen LogP) is 1.84. The van der Waals surface area contributed by atoms with Gasteiger partial charge in [0, 0.05) is 18.4 Å². The van der Waals surface area contributed by atoms with Crippen LogP contribution in [0.3, 0.4) is 0 Å². The summed E-state index contributed by atoms with van der Waals surface area (Å²) in [7, 11) is 0. The number of likely N-dealkylation sites (tertiary alicyclic amines) is 1. The van der Waals surface area contributed by atoms with Gasteiger partial charge in [-0.1, -0.05) is 5.10 Å². The van der Waals surface area contributed by atoms with Gasteiger partial charge >= 0.3 is 12.2 Å². The molecule has 1 aliphatic heterocycles. The maximum absolute atomic E-state index is 12.5. The fourth-order valence-electron chi connectivity index (χ4n) is 2.29. The molecule has 3 amide bonds. The van der Waals surface area contributed by atoms with Crippen LogP contribution in [0.25, 0.3) is 11.5 Å². The van der Waals surface area contributed by atoms with Gasteiger partial charge < -0.3 is 4.42 Å². The molecule has 1 N–H and O–H groups in total. The largest absolute Gasteiger partial charge is 0.416 e. The second-order valence-corrected chi connectivity index (χ2v) is 5.41. The van der Waals surface area contributed by atoms with E-state index in [1.165, 1.54) is 0 Å². The van der Waals surface area contributed by atoms with Gasteiger partial charge in [0.15, 0.2) is 0 Å². The van der Waals surface area contributed by atoms with Gasteiger partial charge in [0.1, 0.15) is 6.54 Å². The van der Waals surface area contributed by atoms with Crippen LogP contribution in [0.1, 0.15) is 18.4 Å². The first-order chi connectivity index (χ1) is 12.2. The molecule has 0 aliphatic carbocycles. The number of nitrogens with zero attached hydrogens (tertiary/aromatic N) is 3. The number of hydrogen-bond acceptors (Lipinski definition) is 6. The summed E-state index contributed by atoms with van der Waals surface area (Å²) in [6.45, 7) is -0.477. The van der Waals surface area contributed by atoms with Crippen LogP contribution in [0.15, 0.2) is 28.7 Å². The lowest BCUT2D eigenvalue weighted by Gasteiger charge is -2.11. The molecule has 0 radical (unpaired) electrons. The van der Waals surface area contributed by atoms with E-state index in [9.17, 15) is 27.6 Å². The van der Waals surface area contributed by atoms with Gasteiger partial charge in [-0.3, -0.25) is 24.6 Å². The predicted molar refractivity (Wildman–Crippen MR) is 79.3 cm³/mol. The number of nitrogens with one attached hydrogen (secondary N) is 1. The quantitative estimate of drug-likeness (QED) is 0.826. The molecule has 2 aromatic rings. The molecule has 1 aromatic carbocycles. The minimum absolute atomic E-state index is 0.0603. The van der Waals surface area contributed by atoms with Crippen molar-refractivity contribution in [1.82, 2.24) is 15.1 Å². The third-order valence-corrected chi connectivity index (χ3v) is 3.59. The second-order valence-electron chi connectivity index (χ2n) is 5.41. The van der Waals surface area contributed by atoms with E-state index in [2.05, 4.69) is 15.5 Å². The Kier molecular flexibility index (Phi) is 4.45. The maximum atomic E-state index is 12.5. The summed E-state index contributed by atoms with van der Waals surface area (Å²) in [5.74, 6) is -1.69. The fraction of sp³-hybridized carbons (Fsp3) is 0.267. The molecule has 1 saturated heterocycles. The van der Waals surface area contributed by atoms with E-state index < -0.39 is 36.0 Å². The highest BCUT2D eigenvalue weighted by molar-refractivity contribution is 6.05. The highest BCUT2D eigenvalue weighted by atomic mass is 19.4. The molecule has 0 bridgehead atoms. The molecule has 0 spiro atoms. The number of benzene rings is 1. The van der Waals surface area contributed by atoms with E-state index in [1.54, 1.807) is 0 Å². The van der Waals surface area contributed by atoms with Gasteiger partial charge in [0.2, 0.25) is 23.6 Å². The maximum Gasteiger partial charge on any atom is 0.416 e. The van der Waals surface area contributed by atoms with Crippen LogP contribution >= 0.6 is 0 Å².